The van der Waals surface area contributed by atoms with Crippen LogP contribution in [0.3, 0.4) is 0 Å². The summed E-state index contributed by atoms with van der Waals surface area (Å²) in [6.45, 7) is 0. The van der Waals surface area contributed by atoms with Gasteiger partial charge in [-0.3, -0.25) is 9.55 Å². The lowest BCUT2D eigenvalue weighted by atomic mass is 10.3. The van der Waals surface area contributed by atoms with E-state index in [9.17, 15) is 0 Å². The van der Waals surface area contributed by atoms with E-state index >= 15 is 0 Å². The Bertz CT molecular complexity index is 752. The van der Waals surface area contributed by atoms with Crippen molar-refractivity contribution in [2.75, 3.05) is 0 Å². The van der Waals surface area contributed by atoms with E-state index in [2.05, 4.69) is 9.97 Å². The van der Waals surface area contributed by atoms with Crippen molar-refractivity contribution >= 4 is 45.8 Å². The van der Waals surface area contributed by atoms with Gasteiger partial charge in [0.15, 0.2) is 0 Å². The number of rotatable bonds is 2. The number of nitrogens with zero attached hydrogens (tertiary/aromatic N) is 3. The van der Waals surface area contributed by atoms with Crippen LogP contribution in [0.2, 0.25) is 10.0 Å². The highest BCUT2D eigenvalue weighted by Gasteiger charge is 2.12. The molecule has 0 bridgehead atoms. The third-order valence-electron chi connectivity index (χ3n) is 2.81. The average Bonchev–Trinajstić information content (AvgIpc) is 2.80. The molecule has 0 unspecified atom stereocenters. The molecule has 3 rings (SSSR count). The second-order valence-electron chi connectivity index (χ2n) is 3.96. The average molecular weight is 313 g/mol. The Morgan fingerprint density at radius 2 is 1.95 bits per heavy atom. The zero-order valence-electron chi connectivity index (χ0n) is 9.65. The van der Waals surface area contributed by atoms with E-state index in [-0.39, 0.29) is 0 Å². The van der Waals surface area contributed by atoms with Crippen LogP contribution in [0.4, 0.5) is 0 Å². The Labute approximate surface area is 124 Å². The maximum absolute atomic E-state index is 6.07. The topological polar surface area (TPSA) is 30.7 Å². The van der Waals surface area contributed by atoms with E-state index < -0.39 is 0 Å². The summed E-state index contributed by atoms with van der Waals surface area (Å²) in [6, 6.07) is 7.32. The third kappa shape index (κ3) is 2.18. The maximum atomic E-state index is 6.07. The van der Waals surface area contributed by atoms with Crippen molar-refractivity contribution in [3.8, 4) is 5.69 Å². The van der Waals surface area contributed by atoms with E-state index in [1.807, 2.05) is 16.7 Å². The van der Waals surface area contributed by atoms with Crippen molar-refractivity contribution in [2.45, 2.75) is 5.88 Å². The smallest absolute Gasteiger partial charge is 0.129 e. The summed E-state index contributed by atoms with van der Waals surface area (Å²) in [6.07, 6.45) is 3.43. The van der Waals surface area contributed by atoms with Gasteiger partial charge in [-0.05, 0) is 24.3 Å². The molecule has 1 aromatic carbocycles. The molecule has 0 radical (unpaired) electrons. The summed E-state index contributed by atoms with van der Waals surface area (Å²) < 4.78 is 1.95. The lowest BCUT2D eigenvalue weighted by Crippen LogP contribution is -1.99. The Morgan fingerprint density at radius 3 is 2.68 bits per heavy atom. The molecule has 0 N–H and O–H groups in total. The molecule has 0 aliphatic rings. The first-order valence-electron chi connectivity index (χ1n) is 5.53. The van der Waals surface area contributed by atoms with Crippen LogP contribution in [0.15, 0.2) is 36.7 Å². The second kappa shape index (κ2) is 5.00. The monoisotopic (exact) mass is 311 g/mol. The highest BCUT2D eigenvalue weighted by atomic mass is 35.5. The van der Waals surface area contributed by atoms with Crippen LogP contribution in [-0.4, -0.2) is 14.5 Å². The number of alkyl halides is 1. The van der Waals surface area contributed by atoms with Gasteiger partial charge in [0.05, 0.1) is 27.6 Å². The van der Waals surface area contributed by atoms with Crippen LogP contribution in [0.1, 0.15) is 5.82 Å². The van der Waals surface area contributed by atoms with E-state index in [1.165, 1.54) is 0 Å². The number of aromatic nitrogens is 3. The predicted octanol–water partition coefficient (Wildman–Crippen LogP) is 4.47. The van der Waals surface area contributed by atoms with Gasteiger partial charge in [-0.25, -0.2) is 4.98 Å². The van der Waals surface area contributed by atoms with Gasteiger partial charge in [0.2, 0.25) is 0 Å². The van der Waals surface area contributed by atoms with Crippen molar-refractivity contribution < 1.29 is 0 Å². The molecule has 0 aliphatic carbocycles. The van der Waals surface area contributed by atoms with E-state index in [1.54, 1.807) is 24.5 Å². The number of hydrogen-bond donors (Lipinski definition) is 0. The quantitative estimate of drug-likeness (QED) is 0.654. The van der Waals surface area contributed by atoms with Crippen LogP contribution in [0.25, 0.3) is 16.7 Å². The van der Waals surface area contributed by atoms with Crippen LogP contribution < -0.4 is 0 Å². The largest absolute Gasteiger partial charge is 0.295 e. The summed E-state index contributed by atoms with van der Waals surface area (Å²) in [5.74, 6) is 1.04. The number of fused-ring (bicyclic) bond motifs is 1. The van der Waals surface area contributed by atoms with Crippen molar-refractivity contribution in [1.82, 2.24) is 14.5 Å². The molecule has 0 fully saturated rings. The molecular weight excluding hydrogens is 305 g/mol. The zero-order chi connectivity index (χ0) is 13.4. The van der Waals surface area contributed by atoms with Gasteiger partial charge >= 0.3 is 0 Å². The van der Waals surface area contributed by atoms with Gasteiger partial charge in [0, 0.05) is 11.9 Å². The standard InChI is InChI=1S/C13H8Cl3N3/c14-6-13-18-11-7-17-4-3-12(11)19(13)8-1-2-9(15)10(16)5-8/h1-5,7H,6H2. The third-order valence-corrected chi connectivity index (χ3v) is 3.79. The van der Waals surface area contributed by atoms with Gasteiger partial charge in [0.25, 0.3) is 0 Å². The summed E-state index contributed by atoms with van der Waals surface area (Å²) >= 11 is 18.0. The molecule has 0 amide bonds. The fourth-order valence-corrected chi connectivity index (χ4v) is 2.46. The molecule has 6 heteroatoms. The van der Waals surface area contributed by atoms with E-state index in [0.717, 1.165) is 22.5 Å². The first-order chi connectivity index (χ1) is 9.20. The highest BCUT2D eigenvalue weighted by Crippen LogP contribution is 2.28. The molecule has 0 atom stereocenters. The van der Waals surface area contributed by atoms with E-state index in [0.29, 0.717) is 15.9 Å². The van der Waals surface area contributed by atoms with Gasteiger partial charge < -0.3 is 0 Å². The molecule has 0 saturated heterocycles. The van der Waals surface area contributed by atoms with Gasteiger partial charge in [-0.15, -0.1) is 11.6 Å². The summed E-state index contributed by atoms with van der Waals surface area (Å²) in [5, 5.41) is 1.01. The number of halogens is 3. The fraction of sp³-hybridized carbons (Fsp3) is 0.0769. The van der Waals surface area contributed by atoms with Gasteiger partial charge in [-0.2, -0.15) is 0 Å². The van der Waals surface area contributed by atoms with Crippen molar-refractivity contribution in [3.63, 3.8) is 0 Å². The molecule has 2 heterocycles. The van der Waals surface area contributed by atoms with Crippen molar-refractivity contribution in [2.24, 2.45) is 0 Å². The Morgan fingerprint density at radius 1 is 1.11 bits per heavy atom. The van der Waals surface area contributed by atoms with Crippen molar-refractivity contribution in [1.29, 1.82) is 0 Å². The van der Waals surface area contributed by atoms with Gasteiger partial charge in [0.1, 0.15) is 11.3 Å². The first-order valence-corrected chi connectivity index (χ1v) is 6.82. The Kier molecular flexibility index (Phi) is 3.35. The fourth-order valence-electron chi connectivity index (χ4n) is 1.98. The number of benzene rings is 1. The summed E-state index contributed by atoms with van der Waals surface area (Å²) in [5.41, 5.74) is 2.60. The number of pyridine rings is 1. The second-order valence-corrected chi connectivity index (χ2v) is 5.04. The molecule has 0 aliphatic heterocycles. The summed E-state index contributed by atoms with van der Waals surface area (Å²) in [4.78, 5) is 8.51. The minimum absolute atomic E-state index is 0.301. The minimum atomic E-state index is 0.301. The van der Waals surface area contributed by atoms with E-state index in [4.69, 9.17) is 34.8 Å². The molecule has 2 aromatic heterocycles. The normalized spacial score (nSPS) is 11.1. The first kappa shape index (κ1) is 12.7. The SMILES string of the molecule is ClCc1nc2cnccc2n1-c1ccc(Cl)c(Cl)c1. The van der Waals surface area contributed by atoms with Crippen LogP contribution >= 0.6 is 34.8 Å². The van der Waals surface area contributed by atoms with Crippen LogP contribution in [0, 0.1) is 0 Å². The Balaban J connectivity index is 2.31. The Hall–Kier alpha value is -1.29. The van der Waals surface area contributed by atoms with Gasteiger partial charge in [-0.1, -0.05) is 23.2 Å². The van der Waals surface area contributed by atoms with Crippen LogP contribution in [0.5, 0.6) is 0 Å². The lowest BCUT2D eigenvalue weighted by molar-refractivity contribution is 0.982. The summed E-state index contributed by atoms with van der Waals surface area (Å²) in [7, 11) is 0. The maximum Gasteiger partial charge on any atom is 0.129 e. The highest BCUT2D eigenvalue weighted by molar-refractivity contribution is 6.42. The molecular formula is C13H8Cl3N3. The van der Waals surface area contributed by atoms with Crippen LogP contribution in [-0.2, 0) is 5.88 Å². The number of hydrogen-bond acceptors (Lipinski definition) is 2. The zero-order valence-corrected chi connectivity index (χ0v) is 11.9. The molecule has 3 aromatic rings. The molecule has 19 heavy (non-hydrogen) atoms. The molecule has 3 nitrogen and oxygen atoms in total. The molecule has 96 valence electrons. The van der Waals surface area contributed by atoms with Crippen molar-refractivity contribution in [3.05, 3.63) is 52.5 Å². The molecule has 0 saturated carbocycles. The minimum Gasteiger partial charge on any atom is -0.295 e. The lowest BCUT2D eigenvalue weighted by Gasteiger charge is -2.08. The predicted molar refractivity (Wildman–Crippen MR) is 78.4 cm³/mol. The number of imidazole rings is 1. The molecule has 0 spiro atoms.